The van der Waals surface area contributed by atoms with E-state index in [9.17, 15) is 0 Å². The molecule has 0 N–H and O–H groups in total. The minimum atomic E-state index is 0.819. The quantitative estimate of drug-likeness (QED) is 0.174. The summed E-state index contributed by atoms with van der Waals surface area (Å²) in [4.78, 5) is 4.59. The van der Waals surface area contributed by atoms with Gasteiger partial charge in [0.2, 0.25) is 0 Å². The number of rotatable bonds is 3. The van der Waals surface area contributed by atoms with Crippen LogP contribution >= 0.6 is 15.9 Å². The molecular weight excluding hydrogens is 628 g/mol. The lowest BCUT2D eigenvalue weighted by Crippen LogP contribution is -1.97. The van der Waals surface area contributed by atoms with Crippen molar-refractivity contribution in [2.45, 2.75) is 0 Å². The van der Waals surface area contributed by atoms with E-state index in [2.05, 4.69) is 174 Å². The lowest BCUT2D eigenvalue weighted by atomic mass is 10.1. The molecule has 0 saturated carbocycles. The molecule has 0 bridgehead atoms. The van der Waals surface area contributed by atoms with Gasteiger partial charge in [-0.1, -0.05) is 72.8 Å². The zero-order chi connectivity index (χ0) is 30.4. The standard InChI is InChI=1S/C41H25BrN4/c42-41-22-19-28(25-43-41)46-39-20-17-26(44-35-13-5-1-9-29(35)30-10-2-6-14-36(30)44)23-33(39)34-24-27(18-21-40(34)46)45-37-15-7-3-11-31(37)32-12-4-8-16-38(32)45/h1-25H. The molecule has 0 saturated heterocycles. The molecule has 4 nitrogen and oxygen atoms in total. The van der Waals surface area contributed by atoms with Crippen LogP contribution in [0.4, 0.5) is 0 Å². The Balaban J connectivity index is 1.30. The minimum Gasteiger partial charge on any atom is -0.309 e. The van der Waals surface area contributed by atoms with Crippen molar-refractivity contribution in [3.63, 3.8) is 0 Å². The van der Waals surface area contributed by atoms with E-state index in [0.717, 1.165) is 32.7 Å². The summed E-state index contributed by atoms with van der Waals surface area (Å²) >= 11 is 3.52. The molecule has 10 aromatic rings. The number of fused-ring (bicyclic) bond motifs is 9. The molecular formula is C41H25BrN4. The molecule has 0 aliphatic rings. The van der Waals surface area contributed by atoms with Crippen LogP contribution in [0.2, 0.25) is 0 Å². The normalized spacial score (nSPS) is 12.0. The van der Waals surface area contributed by atoms with Gasteiger partial charge in [-0.3, -0.25) is 0 Å². The third kappa shape index (κ3) is 3.57. The maximum atomic E-state index is 4.59. The van der Waals surface area contributed by atoms with E-state index in [0.29, 0.717) is 0 Å². The number of nitrogens with zero attached hydrogens (tertiary/aromatic N) is 4. The Morgan fingerprint density at radius 2 is 0.696 bits per heavy atom. The second kappa shape index (κ2) is 9.67. The van der Waals surface area contributed by atoms with Gasteiger partial charge < -0.3 is 13.7 Å². The highest BCUT2D eigenvalue weighted by atomic mass is 79.9. The minimum absolute atomic E-state index is 0.819. The summed E-state index contributed by atoms with van der Waals surface area (Å²) in [7, 11) is 0. The fourth-order valence-electron chi connectivity index (χ4n) is 7.46. The summed E-state index contributed by atoms with van der Waals surface area (Å²) < 4.78 is 7.94. The van der Waals surface area contributed by atoms with Gasteiger partial charge in [-0.05, 0) is 88.7 Å². The first kappa shape index (κ1) is 25.7. The van der Waals surface area contributed by atoms with E-state index in [4.69, 9.17) is 0 Å². The van der Waals surface area contributed by atoms with E-state index >= 15 is 0 Å². The lowest BCUT2D eigenvalue weighted by molar-refractivity contribution is 1.12. The van der Waals surface area contributed by atoms with Crippen molar-refractivity contribution in [1.29, 1.82) is 0 Å². The molecule has 4 heterocycles. The summed E-state index contributed by atoms with van der Waals surface area (Å²) in [5.74, 6) is 0. The molecule has 0 aliphatic carbocycles. The second-order valence-electron chi connectivity index (χ2n) is 11.8. The van der Waals surface area contributed by atoms with Gasteiger partial charge in [0.25, 0.3) is 0 Å². The summed E-state index contributed by atoms with van der Waals surface area (Å²) in [5, 5.41) is 7.43. The Bertz CT molecular complexity index is 2540. The van der Waals surface area contributed by atoms with Gasteiger partial charge in [-0.2, -0.15) is 0 Å². The van der Waals surface area contributed by atoms with E-state index in [1.54, 1.807) is 0 Å². The van der Waals surface area contributed by atoms with Crippen LogP contribution in [0.3, 0.4) is 0 Å². The van der Waals surface area contributed by atoms with Crippen molar-refractivity contribution in [2.24, 2.45) is 0 Å². The van der Waals surface area contributed by atoms with E-state index < -0.39 is 0 Å². The van der Waals surface area contributed by atoms with Crippen molar-refractivity contribution in [3.05, 3.63) is 156 Å². The van der Waals surface area contributed by atoms with Crippen LogP contribution < -0.4 is 0 Å². The monoisotopic (exact) mass is 652 g/mol. The van der Waals surface area contributed by atoms with Gasteiger partial charge in [0.15, 0.2) is 0 Å². The van der Waals surface area contributed by atoms with Gasteiger partial charge in [-0.15, -0.1) is 0 Å². The number of pyridine rings is 1. The molecule has 0 atom stereocenters. The molecule has 0 radical (unpaired) electrons. The Kier molecular flexibility index (Phi) is 5.39. The lowest BCUT2D eigenvalue weighted by Gasteiger charge is -2.10. The topological polar surface area (TPSA) is 27.7 Å². The molecule has 46 heavy (non-hydrogen) atoms. The summed E-state index contributed by atoms with van der Waals surface area (Å²) in [6.45, 7) is 0. The van der Waals surface area contributed by atoms with Crippen molar-refractivity contribution >= 4 is 81.3 Å². The van der Waals surface area contributed by atoms with Crippen LogP contribution in [0.5, 0.6) is 0 Å². The van der Waals surface area contributed by atoms with E-state index in [-0.39, 0.29) is 0 Å². The van der Waals surface area contributed by atoms with Crippen molar-refractivity contribution in [3.8, 4) is 17.1 Å². The van der Waals surface area contributed by atoms with E-state index in [1.165, 1.54) is 54.4 Å². The SMILES string of the molecule is Brc1ccc(-n2c3ccc(-n4c5ccccc5c5ccccc54)cc3c3cc(-n4c5ccccc5c5ccccc54)ccc32)cn1. The van der Waals surface area contributed by atoms with Gasteiger partial charge in [0.1, 0.15) is 4.60 Å². The van der Waals surface area contributed by atoms with Gasteiger partial charge in [-0.25, -0.2) is 4.98 Å². The average Bonchev–Trinajstić information content (AvgIpc) is 3.74. The predicted octanol–water partition coefficient (Wildman–Crippen LogP) is 11.1. The van der Waals surface area contributed by atoms with Crippen LogP contribution in [0.1, 0.15) is 0 Å². The smallest absolute Gasteiger partial charge is 0.106 e. The van der Waals surface area contributed by atoms with E-state index in [1.807, 2.05) is 12.3 Å². The third-order valence-electron chi connectivity index (χ3n) is 9.38. The second-order valence-corrected chi connectivity index (χ2v) is 12.6. The fraction of sp³-hybridized carbons (Fsp3) is 0. The summed E-state index contributed by atoms with van der Waals surface area (Å²) in [5.41, 5.74) is 10.4. The number of hydrogen-bond acceptors (Lipinski definition) is 1. The van der Waals surface area contributed by atoms with Crippen LogP contribution in [0.15, 0.2) is 156 Å². The Morgan fingerprint density at radius 1 is 0.348 bits per heavy atom. The first-order valence-corrected chi connectivity index (χ1v) is 16.2. The number of aromatic nitrogens is 4. The highest BCUT2D eigenvalue weighted by Crippen LogP contribution is 2.39. The number of halogens is 1. The molecule has 216 valence electrons. The maximum Gasteiger partial charge on any atom is 0.106 e. The molecule has 4 aromatic heterocycles. The number of hydrogen-bond donors (Lipinski definition) is 0. The van der Waals surface area contributed by atoms with Crippen LogP contribution in [-0.4, -0.2) is 18.7 Å². The molecule has 6 aromatic carbocycles. The van der Waals surface area contributed by atoms with Crippen LogP contribution in [0.25, 0.3) is 82.5 Å². The Hall–Kier alpha value is -5.65. The van der Waals surface area contributed by atoms with Crippen LogP contribution in [-0.2, 0) is 0 Å². The maximum absolute atomic E-state index is 4.59. The molecule has 0 amide bonds. The van der Waals surface area contributed by atoms with Crippen molar-refractivity contribution in [2.75, 3.05) is 0 Å². The third-order valence-corrected chi connectivity index (χ3v) is 9.85. The molecule has 0 unspecified atom stereocenters. The zero-order valence-electron chi connectivity index (χ0n) is 24.6. The van der Waals surface area contributed by atoms with Gasteiger partial charge >= 0.3 is 0 Å². The molecule has 5 heteroatoms. The molecule has 0 aliphatic heterocycles. The van der Waals surface area contributed by atoms with Gasteiger partial charge in [0.05, 0.1) is 45.0 Å². The number of benzene rings is 6. The van der Waals surface area contributed by atoms with Gasteiger partial charge in [0, 0.05) is 43.7 Å². The van der Waals surface area contributed by atoms with Crippen molar-refractivity contribution in [1.82, 2.24) is 18.7 Å². The zero-order valence-corrected chi connectivity index (χ0v) is 26.2. The highest BCUT2D eigenvalue weighted by Gasteiger charge is 2.18. The molecule has 0 spiro atoms. The highest BCUT2D eigenvalue weighted by molar-refractivity contribution is 9.10. The fourth-order valence-corrected chi connectivity index (χ4v) is 7.69. The predicted molar refractivity (Wildman–Crippen MR) is 195 cm³/mol. The molecule has 10 rings (SSSR count). The summed E-state index contributed by atoms with van der Waals surface area (Å²) in [6.07, 6.45) is 1.94. The first-order chi connectivity index (χ1) is 22.7. The average molecular weight is 654 g/mol. The summed E-state index contributed by atoms with van der Waals surface area (Å²) in [6, 6.07) is 52.6. The Labute approximate surface area is 272 Å². The molecule has 0 fully saturated rings. The largest absolute Gasteiger partial charge is 0.309 e. The Morgan fingerprint density at radius 3 is 1.09 bits per heavy atom. The first-order valence-electron chi connectivity index (χ1n) is 15.4. The number of para-hydroxylation sites is 4. The van der Waals surface area contributed by atoms with Crippen LogP contribution in [0, 0.1) is 0 Å². The van der Waals surface area contributed by atoms with Crippen molar-refractivity contribution < 1.29 is 0 Å².